The Balaban J connectivity index is 1.46. The molecule has 168 valence electrons. The summed E-state index contributed by atoms with van der Waals surface area (Å²) in [5.41, 5.74) is 3.71. The highest BCUT2D eigenvalue weighted by molar-refractivity contribution is 6.00. The molecule has 0 radical (unpaired) electrons. The highest BCUT2D eigenvalue weighted by atomic mass is 16.6. The van der Waals surface area contributed by atoms with E-state index in [1.165, 1.54) is 0 Å². The number of hydrogen-bond acceptors (Lipinski definition) is 6. The third kappa shape index (κ3) is 3.57. The number of aromatic nitrogens is 3. The predicted molar refractivity (Wildman–Crippen MR) is 124 cm³/mol. The first-order valence-corrected chi connectivity index (χ1v) is 11.4. The van der Waals surface area contributed by atoms with Gasteiger partial charge in [-0.3, -0.25) is 4.79 Å². The van der Waals surface area contributed by atoms with E-state index in [-0.39, 0.29) is 17.2 Å². The average molecular weight is 443 g/mol. The summed E-state index contributed by atoms with van der Waals surface area (Å²) < 4.78 is 13.4. The minimum atomic E-state index is -0.354. The summed E-state index contributed by atoms with van der Waals surface area (Å²) in [4.78, 5) is 18.2. The molecule has 7 nitrogen and oxygen atoms in total. The fourth-order valence-electron chi connectivity index (χ4n) is 5.04. The van der Waals surface area contributed by atoms with Crippen LogP contribution in [0.3, 0.4) is 0 Å². The van der Waals surface area contributed by atoms with Crippen LogP contribution in [0.4, 0.5) is 5.95 Å². The molecule has 6 rings (SSSR count). The van der Waals surface area contributed by atoms with Gasteiger partial charge in [0.05, 0.1) is 0 Å². The molecule has 1 unspecified atom stereocenters. The molecular weight excluding hydrogens is 416 g/mol. The SMILES string of the molecule is CC1(C)CC(=O)C2=C(C1)Nc1nc(Cc3ccccc3)nn1C2c1ccc2c(c1)OCCO2. The largest absolute Gasteiger partial charge is 0.486 e. The molecule has 3 aromatic rings. The van der Waals surface area contributed by atoms with Crippen LogP contribution >= 0.6 is 0 Å². The van der Waals surface area contributed by atoms with Crippen molar-refractivity contribution in [2.24, 2.45) is 5.41 Å². The predicted octanol–water partition coefficient (Wildman–Crippen LogP) is 4.30. The van der Waals surface area contributed by atoms with Crippen molar-refractivity contribution in [3.05, 3.63) is 76.8 Å². The molecule has 1 aromatic heterocycles. The Morgan fingerprint density at radius 1 is 1.06 bits per heavy atom. The van der Waals surface area contributed by atoms with Gasteiger partial charge in [0.15, 0.2) is 23.1 Å². The summed E-state index contributed by atoms with van der Waals surface area (Å²) >= 11 is 0. The minimum absolute atomic E-state index is 0.102. The second-order valence-electron chi connectivity index (χ2n) is 9.72. The zero-order chi connectivity index (χ0) is 22.6. The Labute approximate surface area is 192 Å². The number of ether oxygens (including phenoxy) is 2. The van der Waals surface area contributed by atoms with Gasteiger partial charge in [0, 0.05) is 24.1 Å². The molecule has 0 saturated carbocycles. The summed E-state index contributed by atoms with van der Waals surface area (Å²) in [6.07, 6.45) is 1.92. The van der Waals surface area contributed by atoms with Crippen molar-refractivity contribution in [3.63, 3.8) is 0 Å². The number of ketones is 1. The molecule has 0 bridgehead atoms. The first kappa shape index (κ1) is 20.0. The number of hydrogen-bond donors (Lipinski definition) is 1. The van der Waals surface area contributed by atoms with Crippen molar-refractivity contribution < 1.29 is 14.3 Å². The van der Waals surface area contributed by atoms with Crippen LogP contribution in [0.25, 0.3) is 0 Å². The Kier molecular flexibility index (Phi) is 4.54. The van der Waals surface area contributed by atoms with Crippen LogP contribution in [-0.4, -0.2) is 33.8 Å². The minimum Gasteiger partial charge on any atom is -0.486 e. The molecule has 3 heterocycles. The second kappa shape index (κ2) is 7.47. The molecule has 1 N–H and O–H groups in total. The summed E-state index contributed by atoms with van der Waals surface area (Å²) in [6.45, 7) is 5.32. The Morgan fingerprint density at radius 2 is 1.85 bits per heavy atom. The van der Waals surface area contributed by atoms with Gasteiger partial charge < -0.3 is 14.8 Å². The van der Waals surface area contributed by atoms with Crippen molar-refractivity contribution in [3.8, 4) is 11.5 Å². The smallest absolute Gasteiger partial charge is 0.226 e. The molecule has 0 spiro atoms. The first-order valence-electron chi connectivity index (χ1n) is 11.4. The van der Waals surface area contributed by atoms with Crippen molar-refractivity contribution >= 4 is 11.7 Å². The number of anilines is 1. The first-order chi connectivity index (χ1) is 16.0. The monoisotopic (exact) mass is 442 g/mol. The van der Waals surface area contributed by atoms with Crippen molar-refractivity contribution in [2.75, 3.05) is 18.5 Å². The van der Waals surface area contributed by atoms with Gasteiger partial charge in [0.1, 0.15) is 19.3 Å². The van der Waals surface area contributed by atoms with Crippen LogP contribution in [0.15, 0.2) is 59.8 Å². The summed E-state index contributed by atoms with van der Waals surface area (Å²) in [5.74, 6) is 2.98. The third-order valence-electron chi connectivity index (χ3n) is 6.46. The lowest BCUT2D eigenvalue weighted by molar-refractivity contribution is -0.118. The molecule has 0 fully saturated rings. The molecule has 7 heteroatoms. The molecule has 0 amide bonds. The van der Waals surface area contributed by atoms with Crippen molar-refractivity contribution in [2.45, 2.75) is 39.2 Å². The van der Waals surface area contributed by atoms with Crippen LogP contribution in [0.1, 0.15) is 49.7 Å². The van der Waals surface area contributed by atoms with E-state index in [0.29, 0.717) is 37.8 Å². The standard InChI is InChI=1S/C26H26N4O3/c1-26(2)14-18-23(19(31)15-26)24(17-8-9-20-21(13-17)33-11-10-32-20)30-25(27-18)28-22(29-30)12-16-6-4-3-5-7-16/h3-9,13,24H,10-12,14-15H2,1-2H3,(H,27,28,29). The van der Waals surface area contributed by atoms with Crippen molar-refractivity contribution in [1.82, 2.24) is 14.8 Å². The Morgan fingerprint density at radius 3 is 2.67 bits per heavy atom. The van der Waals surface area contributed by atoms with Crippen LogP contribution in [0, 0.1) is 5.41 Å². The van der Waals surface area contributed by atoms with E-state index in [2.05, 4.69) is 31.3 Å². The number of Topliss-reactive ketones (excluding diaryl/α,β-unsaturated/α-hetero) is 1. The fourth-order valence-corrected chi connectivity index (χ4v) is 5.04. The Bertz CT molecular complexity index is 1280. The molecule has 1 atom stereocenters. The van der Waals surface area contributed by atoms with Gasteiger partial charge in [0.2, 0.25) is 5.95 Å². The Hall–Kier alpha value is -3.61. The van der Waals surface area contributed by atoms with E-state index in [1.807, 2.05) is 41.1 Å². The van der Waals surface area contributed by atoms with E-state index < -0.39 is 0 Å². The maximum Gasteiger partial charge on any atom is 0.226 e. The second-order valence-corrected chi connectivity index (χ2v) is 9.72. The zero-order valence-electron chi connectivity index (χ0n) is 18.8. The van der Waals surface area contributed by atoms with Crippen LogP contribution in [0.5, 0.6) is 11.5 Å². The molecule has 2 aliphatic heterocycles. The van der Waals surface area contributed by atoms with Gasteiger partial charge >= 0.3 is 0 Å². The molecule has 3 aliphatic rings. The fraction of sp³-hybridized carbons (Fsp3) is 0.346. The molecule has 2 aromatic carbocycles. The van der Waals surface area contributed by atoms with E-state index >= 15 is 0 Å². The van der Waals surface area contributed by atoms with Gasteiger partial charge in [-0.15, -0.1) is 0 Å². The van der Waals surface area contributed by atoms with E-state index in [0.717, 1.165) is 40.4 Å². The molecular formula is C26H26N4O3. The number of nitrogens with one attached hydrogen (secondary N) is 1. The van der Waals surface area contributed by atoms with E-state index in [1.54, 1.807) is 0 Å². The van der Waals surface area contributed by atoms with Gasteiger partial charge in [0.25, 0.3) is 0 Å². The van der Waals surface area contributed by atoms with Crippen LogP contribution < -0.4 is 14.8 Å². The number of carbonyl (C=O) groups excluding carboxylic acids is 1. The normalized spacial score (nSPS) is 20.7. The number of carbonyl (C=O) groups is 1. The number of allylic oxidation sites excluding steroid dienone is 2. The molecule has 1 aliphatic carbocycles. The maximum atomic E-state index is 13.4. The van der Waals surface area contributed by atoms with Gasteiger partial charge in [-0.25, -0.2) is 4.68 Å². The quantitative estimate of drug-likeness (QED) is 0.652. The highest BCUT2D eigenvalue weighted by Crippen LogP contribution is 2.46. The van der Waals surface area contributed by atoms with Gasteiger partial charge in [-0.2, -0.15) is 10.1 Å². The summed E-state index contributed by atoms with van der Waals surface area (Å²) in [6, 6.07) is 15.7. The van der Waals surface area contributed by atoms with Crippen LogP contribution in [0.2, 0.25) is 0 Å². The molecule has 0 saturated heterocycles. The number of benzene rings is 2. The topological polar surface area (TPSA) is 78.3 Å². The number of rotatable bonds is 3. The van der Waals surface area contributed by atoms with Gasteiger partial charge in [-0.1, -0.05) is 50.2 Å². The summed E-state index contributed by atoms with van der Waals surface area (Å²) in [5, 5.41) is 8.31. The number of fused-ring (bicyclic) bond motifs is 2. The van der Waals surface area contributed by atoms with E-state index in [4.69, 9.17) is 19.6 Å². The zero-order valence-corrected chi connectivity index (χ0v) is 18.8. The average Bonchev–Trinajstić information content (AvgIpc) is 3.19. The van der Waals surface area contributed by atoms with Gasteiger partial charge in [-0.05, 0) is 35.1 Å². The lowest BCUT2D eigenvalue weighted by Crippen LogP contribution is -2.36. The van der Waals surface area contributed by atoms with E-state index in [9.17, 15) is 4.79 Å². The maximum absolute atomic E-state index is 13.4. The summed E-state index contributed by atoms with van der Waals surface area (Å²) in [7, 11) is 0. The lowest BCUT2D eigenvalue weighted by atomic mass is 9.73. The lowest BCUT2D eigenvalue weighted by Gasteiger charge is -2.38. The highest BCUT2D eigenvalue weighted by Gasteiger charge is 2.42. The molecule has 33 heavy (non-hydrogen) atoms. The van der Waals surface area contributed by atoms with Crippen molar-refractivity contribution in [1.29, 1.82) is 0 Å². The third-order valence-corrected chi connectivity index (χ3v) is 6.46. The van der Waals surface area contributed by atoms with Crippen LogP contribution in [-0.2, 0) is 11.2 Å². The number of nitrogens with zero attached hydrogens (tertiary/aromatic N) is 3.